The summed E-state index contributed by atoms with van der Waals surface area (Å²) in [6, 6.07) is 17.2. The van der Waals surface area contributed by atoms with Crippen LogP contribution < -0.4 is 9.47 Å². The molecule has 5 rings (SSSR count). The second-order valence-corrected chi connectivity index (χ2v) is 11.6. The van der Waals surface area contributed by atoms with Gasteiger partial charge < -0.3 is 9.47 Å². The van der Waals surface area contributed by atoms with E-state index in [0.29, 0.717) is 0 Å². The Morgan fingerprint density at radius 2 is 0.875 bits per heavy atom. The third-order valence-electron chi connectivity index (χ3n) is 6.95. The molecule has 0 heterocycles. The van der Waals surface area contributed by atoms with E-state index < -0.39 is 0 Å². The van der Waals surface area contributed by atoms with Gasteiger partial charge in [0.15, 0.2) is 0 Å². The maximum absolute atomic E-state index is 6.49. The summed E-state index contributed by atoms with van der Waals surface area (Å²) in [5, 5.41) is 6.14. The molecule has 0 aromatic heterocycles. The lowest BCUT2D eigenvalue weighted by Gasteiger charge is -2.23. The average Bonchev–Trinajstić information content (AvgIpc) is 2.86. The molecule has 2 nitrogen and oxygen atoms in total. The Hall–Kier alpha value is -1.52. The highest BCUT2D eigenvalue weighted by Gasteiger charge is 2.19. The summed E-state index contributed by atoms with van der Waals surface area (Å²) >= 11 is 3.97. The Balaban J connectivity index is 1.39. The van der Waals surface area contributed by atoms with Crippen molar-refractivity contribution in [2.24, 2.45) is 0 Å². The largest absolute Gasteiger partial charge is 0.482 e. The molecule has 2 saturated carbocycles. The van der Waals surface area contributed by atoms with Gasteiger partial charge in [-0.25, -0.2) is 0 Å². The number of hydrogen-bond donors (Lipinski definition) is 0. The van der Waals surface area contributed by atoms with Gasteiger partial charge in [-0.15, -0.1) is 23.5 Å². The summed E-state index contributed by atoms with van der Waals surface area (Å²) in [5.74, 6) is 3.45. The van der Waals surface area contributed by atoms with E-state index >= 15 is 0 Å². The molecule has 2 aliphatic carbocycles. The second kappa shape index (κ2) is 11.1. The van der Waals surface area contributed by atoms with Gasteiger partial charge in [0, 0.05) is 32.0 Å². The van der Waals surface area contributed by atoms with Crippen molar-refractivity contribution in [1.82, 2.24) is 0 Å². The van der Waals surface area contributed by atoms with Crippen molar-refractivity contribution in [1.29, 1.82) is 0 Å². The van der Waals surface area contributed by atoms with E-state index in [4.69, 9.17) is 9.47 Å². The zero-order chi connectivity index (χ0) is 21.6. The molecule has 32 heavy (non-hydrogen) atoms. The van der Waals surface area contributed by atoms with Crippen LogP contribution in [0.3, 0.4) is 0 Å². The summed E-state index contributed by atoms with van der Waals surface area (Å²) in [5.41, 5.74) is 0. The molecule has 4 heteroatoms. The van der Waals surface area contributed by atoms with E-state index in [1.54, 1.807) is 0 Å². The number of ether oxygens (including phenoxy) is 2. The number of benzene rings is 3. The lowest BCUT2D eigenvalue weighted by atomic mass is 10.0. The van der Waals surface area contributed by atoms with Gasteiger partial charge in [-0.05, 0) is 25.7 Å². The minimum atomic E-state index is 0.719. The maximum atomic E-state index is 6.49. The number of rotatable bonds is 8. The van der Waals surface area contributed by atoms with Crippen LogP contribution in [0.5, 0.6) is 11.5 Å². The van der Waals surface area contributed by atoms with Crippen LogP contribution in [0.1, 0.15) is 64.2 Å². The first-order valence-corrected chi connectivity index (χ1v) is 14.4. The zero-order valence-corrected chi connectivity index (χ0v) is 20.5. The fraction of sp³-hybridized carbons (Fsp3) is 0.500. The van der Waals surface area contributed by atoms with Crippen LogP contribution in [0.2, 0.25) is 0 Å². The summed E-state index contributed by atoms with van der Waals surface area (Å²) in [7, 11) is 0. The van der Waals surface area contributed by atoms with E-state index in [1.165, 1.54) is 64.2 Å². The standard InChI is InChI=1S/C28H34O2S2/c1-3-11-21(12-4-1)31-19-29-27-23-15-7-9-17-25(23)28(26-18-10-8-16-24(26)27)30-20-32-22-13-5-2-6-14-22/h7-10,15-18,21-22H,1-6,11-14,19-20H2. The molecule has 170 valence electrons. The van der Waals surface area contributed by atoms with Gasteiger partial charge in [0.1, 0.15) is 23.4 Å². The molecule has 0 saturated heterocycles. The first-order valence-electron chi connectivity index (χ1n) is 12.3. The van der Waals surface area contributed by atoms with Crippen LogP contribution >= 0.6 is 23.5 Å². The molecular weight excluding hydrogens is 432 g/mol. The number of hydrogen-bond acceptors (Lipinski definition) is 4. The SMILES string of the molecule is c1ccc2c(OCSC3CCCCC3)c3ccccc3c(OCSC3CCCCC3)c2c1. The van der Waals surface area contributed by atoms with Gasteiger partial charge in [-0.3, -0.25) is 0 Å². The van der Waals surface area contributed by atoms with Crippen molar-refractivity contribution in [2.75, 3.05) is 11.9 Å². The second-order valence-electron chi connectivity index (χ2n) is 9.13. The van der Waals surface area contributed by atoms with Gasteiger partial charge in [-0.1, -0.05) is 87.1 Å². The molecule has 3 aromatic rings. The minimum Gasteiger partial charge on any atom is -0.482 e. The average molecular weight is 467 g/mol. The van der Waals surface area contributed by atoms with E-state index in [9.17, 15) is 0 Å². The van der Waals surface area contributed by atoms with Crippen molar-refractivity contribution in [2.45, 2.75) is 74.7 Å². The van der Waals surface area contributed by atoms with Crippen molar-refractivity contribution >= 4 is 45.1 Å². The van der Waals surface area contributed by atoms with E-state index in [0.717, 1.165) is 55.4 Å². The summed E-state index contributed by atoms with van der Waals surface area (Å²) < 4.78 is 13.0. The topological polar surface area (TPSA) is 18.5 Å². The molecule has 0 N–H and O–H groups in total. The summed E-state index contributed by atoms with van der Waals surface area (Å²) in [4.78, 5) is 0. The van der Waals surface area contributed by atoms with Gasteiger partial charge >= 0.3 is 0 Å². The smallest absolute Gasteiger partial charge is 0.136 e. The van der Waals surface area contributed by atoms with Crippen LogP contribution in [-0.2, 0) is 0 Å². The van der Waals surface area contributed by atoms with Crippen molar-refractivity contribution in [3.63, 3.8) is 0 Å². The fourth-order valence-electron chi connectivity index (χ4n) is 5.20. The third-order valence-corrected chi connectivity index (χ3v) is 9.34. The van der Waals surface area contributed by atoms with Crippen LogP contribution in [0.25, 0.3) is 21.5 Å². The molecule has 0 aliphatic heterocycles. The van der Waals surface area contributed by atoms with E-state index in [2.05, 4.69) is 48.5 Å². The van der Waals surface area contributed by atoms with Gasteiger partial charge in [-0.2, -0.15) is 0 Å². The molecule has 0 bridgehead atoms. The molecule has 0 amide bonds. The molecule has 0 spiro atoms. The highest BCUT2D eigenvalue weighted by atomic mass is 32.2. The highest BCUT2D eigenvalue weighted by Crippen LogP contribution is 2.43. The first-order chi connectivity index (χ1) is 15.9. The number of thioether (sulfide) groups is 2. The molecule has 3 aromatic carbocycles. The molecule has 0 unspecified atom stereocenters. The zero-order valence-electron chi connectivity index (χ0n) is 18.9. The molecular formula is C28H34O2S2. The molecule has 0 radical (unpaired) electrons. The molecule has 2 aliphatic rings. The van der Waals surface area contributed by atoms with Crippen molar-refractivity contribution in [3.8, 4) is 11.5 Å². The quantitative estimate of drug-likeness (QED) is 0.244. The van der Waals surface area contributed by atoms with Crippen molar-refractivity contribution in [3.05, 3.63) is 48.5 Å². The Kier molecular flexibility index (Phi) is 7.71. The van der Waals surface area contributed by atoms with Crippen LogP contribution in [0.15, 0.2) is 48.5 Å². The summed E-state index contributed by atoms with van der Waals surface area (Å²) in [6.07, 6.45) is 13.6. The van der Waals surface area contributed by atoms with Gasteiger partial charge in [0.2, 0.25) is 0 Å². The van der Waals surface area contributed by atoms with Crippen LogP contribution in [0, 0.1) is 0 Å². The van der Waals surface area contributed by atoms with Gasteiger partial charge in [0.05, 0.1) is 0 Å². The van der Waals surface area contributed by atoms with Crippen LogP contribution in [-0.4, -0.2) is 22.4 Å². The predicted molar refractivity (Wildman–Crippen MR) is 141 cm³/mol. The van der Waals surface area contributed by atoms with Crippen molar-refractivity contribution < 1.29 is 9.47 Å². The predicted octanol–water partition coefficient (Wildman–Crippen LogP) is 8.80. The first kappa shape index (κ1) is 22.3. The maximum Gasteiger partial charge on any atom is 0.136 e. The fourth-order valence-corrected chi connectivity index (χ4v) is 7.29. The van der Waals surface area contributed by atoms with Gasteiger partial charge in [0.25, 0.3) is 0 Å². The Morgan fingerprint density at radius 3 is 1.22 bits per heavy atom. The molecule has 0 atom stereocenters. The third kappa shape index (κ3) is 5.17. The lowest BCUT2D eigenvalue weighted by molar-refractivity contribution is 0.392. The Bertz CT molecular complexity index is 884. The normalized spacial score (nSPS) is 18.2. The van der Waals surface area contributed by atoms with E-state index in [1.807, 2.05) is 23.5 Å². The Labute approximate surface area is 200 Å². The summed E-state index contributed by atoms with van der Waals surface area (Å²) in [6.45, 7) is 0. The number of fused-ring (bicyclic) bond motifs is 2. The van der Waals surface area contributed by atoms with E-state index in [-0.39, 0.29) is 0 Å². The minimum absolute atomic E-state index is 0.719. The molecule has 2 fully saturated rings. The highest BCUT2D eigenvalue weighted by molar-refractivity contribution is 8.00. The monoisotopic (exact) mass is 466 g/mol. The van der Waals surface area contributed by atoms with Crippen LogP contribution in [0.4, 0.5) is 0 Å². The lowest BCUT2D eigenvalue weighted by Crippen LogP contribution is -2.11. The Morgan fingerprint density at radius 1 is 0.531 bits per heavy atom.